The molecule has 6 nitrogen and oxygen atoms in total. The Bertz CT molecular complexity index is 615. The molecule has 0 bridgehead atoms. The van der Waals surface area contributed by atoms with Crippen molar-refractivity contribution in [3.63, 3.8) is 0 Å². The molecule has 0 N–H and O–H groups in total. The third kappa shape index (κ3) is 2.48. The van der Waals surface area contributed by atoms with Gasteiger partial charge in [-0.1, -0.05) is 16.8 Å². The molecule has 0 aliphatic carbocycles. The second-order valence-electron chi connectivity index (χ2n) is 4.90. The molecule has 3 rings (SSSR count). The van der Waals surface area contributed by atoms with Crippen LogP contribution in [0.2, 0.25) is 5.15 Å². The van der Waals surface area contributed by atoms with Crippen LogP contribution >= 0.6 is 11.6 Å². The second kappa shape index (κ2) is 5.38. The van der Waals surface area contributed by atoms with Gasteiger partial charge in [-0.25, -0.2) is 9.67 Å². The van der Waals surface area contributed by atoms with Crippen LogP contribution in [0.25, 0.3) is 11.3 Å². The molecule has 0 amide bonds. The zero-order valence-electron chi connectivity index (χ0n) is 11.5. The first-order valence-corrected chi connectivity index (χ1v) is 6.90. The summed E-state index contributed by atoms with van der Waals surface area (Å²) in [5, 5.41) is 8.32. The molecule has 1 fully saturated rings. The van der Waals surface area contributed by atoms with Crippen LogP contribution in [0.5, 0.6) is 0 Å². The molecule has 0 spiro atoms. The summed E-state index contributed by atoms with van der Waals surface area (Å²) < 4.78 is 7.18. The molecule has 2 aromatic heterocycles. The van der Waals surface area contributed by atoms with Crippen LogP contribution in [0.4, 0.5) is 5.82 Å². The summed E-state index contributed by atoms with van der Waals surface area (Å²) in [5.41, 5.74) is 1.88. The first-order valence-electron chi connectivity index (χ1n) is 6.52. The maximum absolute atomic E-state index is 6.17. The summed E-state index contributed by atoms with van der Waals surface area (Å²) >= 11 is 6.17. The van der Waals surface area contributed by atoms with Crippen molar-refractivity contribution in [2.75, 3.05) is 24.7 Å². The molecule has 106 valence electrons. The summed E-state index contributed by atoms with van der Waals surface area (Å²) in [6.07, 6.45) is 1.72. The Morgan fingerprint density at radius 2 is 2.25 bits per heavy atom. The number of anilines is 1. The van der Waals surface area contributed by atoms with E-state index in [2.05, 4.69) is 27.1 Å². The quantitative estimate of drug-likeness (QED) is 0.790. The lowest BCUT2D eigenvalue weighted by atomic mass is 10.2. The fraction of sp³-hybridized carbons (Fsp3) is 0.462. The topological polar surface area (TPSA) is 56.1 Å². The van der Waals surface area contributed by atoms with Gasteiger partial charge in [0, 0.05) is 19.2 Å². The summed E-state index contributed by atoms with van der Waals surface area (Å²) in [6, 6.07) is 4.13. The molecule has 1 aliphatic heterocycles. The van der Waals surface area contributed by atoms with Gasteiger partial charge >= 0.3 is 0 Å². The summed E-state index contributed by atoms with van der Waals surface area (Å²) in [6.45, 7) is 4.35. The number of ether oxygens (including phenoxy) is 1. The number of pyridine rings is 1. The molecule has 3 heterocycles. The highest BCUT2D eigenvalue weighted by atomic mass is 35.5. The van der Waals surface area contributed by atoms with E-state index in [1.165, 1.54) is 0 Å². The molecule has 0 saturated carbocycles. The van der Waals surface area contributed by atoms with E-state index in [0.717, 1.165) is 23.6 Å². The average Bonchev–Trinajstić information content (AvgIpc) is 2.85. The highest BCUT2D eigenvalue weighted by Gasteiger charge is 2.21. The average molecular weight is 294 g/mol. The van der Waals surface area contributed by atoms with Gasteiger partial charge in [0.15, 0.2) is 0 Å². The number of morpholine rings is 1. The monoisotopic (exact) mass is 293 g/mol. The Labute approximate surface area is 122 Å². The minimum atomic E-state index is 0.284. The molecule has 1 atom stereocenters. The number of hydrogen-bond acceptors (Lipinski definition) is 5. The second-order valence-corrected chi connectivity index (χ2v) is 5.28. The van der Waals surface area contributed by atoms with Crippen LogP contribution in [0, 0.1) is 0 Å². The first-order chi connectivity index (χ1) is 9.65. The van der Waals surface area contributed by atoms with Gasteiger partial charge in [0.1, 0.15) is 11.0 Å². The summed E-state index contributed by atoms with van der Waals surface area (Å²) in [4.78, 5) is 6.64. The van der Waals surface area contributed by atoms with E-state index in [-0.39, 0.29) is 6.04 Å². The minimum Gasteiger partial charge on any atom is -0.377 e. The van der Waals surface area contributed by atoms with Crippen molar-refractivity contribution < 1.29 is 4.74 Å². The van der Waals surface area contributed by atoms with Crippen LogP contribution in [-0.2, 0) is 11.8 Å². The molecular weight excluding hydrogens is 278 g/mol. The standard InChI is InChI=1S/C13H16ClN5O/c1-9-8-20-4-3-19(9)13-6-10(5-12(14)16-13)11-7-15-17-18(11)2/h5-7,9H,3-4,8H2,1-2H3/t9-/m1/s1. The maximum atomic E-state index is 6.17. The van der Waals surface area contributed by atoms with Gasteiger partial charge in [0.25, 0.3) is 0 Å². The van der Waals surface area contributed by atoms with Crippen LogP contribution < -0.4 is 4.90 Å². The van der Waals surface area contributed by atoms with Gasteiger partial charge in [-0.05, 0) is 19.1 Å². The minimum absolute atomic E-state index is 0.284. The van der Waals surface area contributed by atoms with Crippen molar-refractivity contribution in [1.29, 1.82) is 0 Å². The van der Waals surface area contributed by atoms with Crippen LogP contribution in [0.15, 0.2) is 18.3 Å². The molecule has 0 aromatic carbocycles. The molecule has 0 unspecified atom stereocenters. The van der Waals surface area contributed by atoms with E-state index in [4.69, 9.17) is 16.3 Å². The highest BCUT2D eigenvalue weighted by Crippen LogP contribution is 2.27. The van der Waals surface area contributed by atoms with E-state index in [9.17, 15) is 0 Å². The van der Waals surface area contributed by atoms with Gasteiger partial charge in [-0.2, -0.15) is 0 Å². The third-order valence-corrected chi connectivity index (χ3v) is 3.65. The lowest BCUT2D eigenvalue weighted by molar-refractivity contribution is 0.0985. The van der Waals surface area contributed by atoms with E-state index in [1.54, 1.807) is 10.9 Å². The number of nitrogens with zero attached hydrogens (tertiary/aromatic N) is 5. The maximum Gasteiger partial charge on any atom is 0.132 e. The molecule has 20 heavy (non-hydrogen) atoms. The largest absolute Gasteiger partial charge is 0.377 e. The number of rotatable bonds is 2. The molecule has 1 aliphatic rings. The Morgan fingerprint density at radius 1 is 1.40 bits per heavy atom. The Kier molecular flexibility index (Phi) is 3.58. The van der Waals surface area contributed by atoms with Crippen molar-refractivity contribution in [2.45, 2.75) is 13.0 Å². The fourth-order valence-corrected chi connectivity index (χ4v) is 2.60. The van der Waals surface area contributed by atoms with Gasteiger partial charge in [0.2, 0.25) is 0 Å². The Balaban J connectivity index is 2.00. The predicted molar refractivity (Wildman–Crippen MR) is 76.9 cm³/mol. The van der Waals surface area contributed by atoms with Crippen LogP contribution in [0.3, 0.4) is 0 Å². The lowest BCUT2D eigenvalue weighted by Crippen LogP contribution is -2.44. The van der Waals surface area contributed by atoms with Gasteiger partial charge in [0.05, 0.1) is 31.1 Å². The fourth-order valence-electron chi connectivity index (χ4n) is 2.40. The van der Waals surface area contributed by atoms with E-state index in [1.807, 2.05) is 19.2 Å². The number of aromatic nitrogens is 4. The van der Waals surface area contributed by atoms with Crippen molar-refractivity contribution in [2.24, 2.45) is 7.05 Å². The molecule has 2 aromatic rings. The predicted octanol–water partition coefficient (Wildman–Crippen LogP) is 1.76. The van der Waals surface area contributed by atoms with Gasteiger partial charge < -0.3 is 9.64 Å². The SMILES string of the molecule is C[C@@H]1COCCN1c1cc(-c2cnnn2C)cc(Cl)n1. The lowest BCUT2D eigenvalue weighted by Gasteiger charge is -2.34. The van der Waals surface area contributed by atoms with Crippen molar-refractivity contribution >= 4 is 17.4 Å². The zero-order chi connectivity index (χ0) is 14.1. The van der Waals surface area contributed by atoms with Crippen LogP contribution in [-0.4, -0.2) is 45.8 Å². The first kappa shape index (κ1) is 13.3. The van der Waals surface area contributed by atoms with E-state index >= 15 is 0 Å². The Hall–Kier alpha value is -1.66. The summed E-state index contributed by atoms with van der Waals surface area (Å²) in [5.74, 6) is 0.865. The summed E-state index contributed by atoms with van der Waals surface area (Å²) in [7, 11) is 1.85. The normalized spacial score (nSPS) is 19.4. The molecule has 0 radical (unpaired) electrons. The highest BCUT2D eigenvalue weighted by molar-refractivity contribution is 6.29. The number of aryl methyl sites for hydroxylation is 1. The third-order valence-electron chi connectivity index (χ3n) is 3.45. The van der Waals surface area contributed by atoms with Gasteiger partial charge in [-0.3, -0.25) is 0 Å². The Morgan fingerprint density at radius 3 is 2.95 bits per heavy atom. The molecular formula is C13H16ClN5O. The number of halogens is 1. The molecule has 7 heteroatoms. The number of hydrogen-bond donors (Lipinski definition) is 0. The smallest absolute Gasteiger partial charge is 0.132 e. The van der Waals surface area contributed by atoms with E-state index in [0.29, 0.717) is 18.4 Å². The van der Waals surface area contributed by atoms with Crippen molar-refractivity contribution in [3.8, 4) is 11.3 Å². The van der Waals surface area contributed by atoms with Crippen LogP contribution in [0.1, 0.15) is 6.92 Å². The molecule has 1 saturated heterocycles. The van der Waals surface area contributed by atoms with Crippen molar-refractivity contribution in [1.82, 2.24) is 20.0 Å². The zero-order valence-corrected chi connectivity index (χ0v) is 12.2. The van der Waals surface area contributed by atoms with Gasteiger partial charge in [-0.15, -0.1) is 5.10 Å². The van der Waals surface area contributed by atoms with E-state index < -0.39 is 0 Å². The van der Waals surface area contributed by atoms with Crippen molar-refractivity contribution in [3.05, 3.63) is 23.5 Å².